The Hall–Kier alpha value is -2.58. The van der Waals surface area contributed by atoms with Gasteiger partial charge >= 0.3 is 0 Å². The smallest absolute Gasteiger partial charge is 0.259 e. The van der Waals surface area contributed by atoms with E-state index >= 15 is 0 Å². The van der Waals surface area contributed by atoms with Crippen molar-refractivity contribution < 1.29 is 22.7 Å². The normalized spacial score (nSPS) is 15.0. The number of nitrogens with one attached hydrogen (secondary N) is 1. The van der Waals surface area contributed by atoms with Crippen LogP contribution in [-0.2, 0) is 16.6 Å². The number of nitrogens with zero attached hydrogens (tertiary/aromatic N) is 1. The first-order valence-corrected chi connectivity index (χ1v) is 11.0. The SMILES string of the molecule is COc1cccc(OC)c1C(=O)NCc1ccc(S(=O)(=O)N2CCCCC2)cc1. The van der Waals surface area contributed by atoms with Crippen molar-refractivity contribution in [2.45, 2.75) is 30.7 Å². The van der Waals surface area contributed by atoms with Gasteiger partial charge in [0, 0.05) is 19.6 Å². The first kappa shape index (κ1) is 21.1. The Balaban J connectivity index is 1.69. The first-order valence-electron chi connectivity index (χ1n) is 9.55. The van der Waals surface area contributed by atoms with Crippen molar-refractivity contribution in [3.63, 3.8) is 0 Å². The zero-order valence-electron chi connectivity index (χ0n) is 16.7. The van der Waals surface area contributed by atoms with E-state index in [1.165, 1.54) is 14.2 Å². The summed E-state index contributed by atoms with van der Waals surface area (Å²) in [5, 5.41) is 2.83. The maximum atomic E-state index is 12.7. The van der Waals surface area contributed by atoms with Crippen molar-refractivity contribution in [3.8, 4) is 11.5 Å². The summed E-state index contributed by atoms with van der Waals surface area (Å²) in [6.07, 6.45) is 2.87. The van der Waals surface area contributed by atoms with Gasteiger partial charge in [-0.1, -0.05) is 24.6 Å². The minimum Gasteiger partial charge on any atom is -0.496 e. The third-order valence-corrected chi connectivity index (χ3v) is 6.90. The second kappa shape index (κ2) is 9.28. The number of piperidine rings is 1. The predicted molar refractivity (Wildman–Crippen MR) is 110 cm³/mol. The largest absolute Gasteiger partial charge is 0.496 e. The topological polar surface area (TPSA) is 84.9 Å². The van der Waals surface area contributed by atoms with Crippen LogP contribution in [0.3, 0.4) is 0 Å². The third kappa shape index (κ3) is 4.71. The van der Waals surface area contributed by atoms with Crippen LogP contribution < -0.4 is 14.8 Å². The second-order valence-corrected chi connectivity index (χ2v) is 8.77. The summed E-state index contributed by atoms with van der Waals surface area (Å²) in [6, 6.07) is 11.8. The Labute approximate surface area is 171 Å². The van der Waals surface area contributed by atoms with Crippen molar-refractivity contribution >= 4 is 15.9 Å². The summed E-state index contributed by atoms with van der Waals surface area (Å²) in [6.45, 7) is 1.39. The molecule has 1 heterocycles. The quantitative estimate of drug-likeness (QED) is 0.747. The summed E-state index contributed by atoms with van der Waals surface area (Å²) >= 11 is 0. The molecule has 0 saturated carbocycles. The zero-order chi connectivity index (χ0) is 20.9. The maximum absolute atomic E-state index is 12.7. The van der Waals surface area contributed by atoms with E-state index < -0.39 is 10.0 Å². The zero-order valence-corrected chi connectivity index (χ0v) is 17.5. The number of benzene rings is 2. The summed E-state index contributed by atoms with van der Waals surface area (Å²) in [7, 11) is -0.472. The molecule has 0 aliphatic carbocycles. The van der Waals surface area contributed by atoms with Crippen LogP contribution in [0.4, 0.5) is 0 Å². The molecule has 29 heavy (non-hydrogen) atoms. The van der Waals surface area contributed by atoms with Crippen molar-refractivity contribution in [1.82, 2.24) is 9.62 Å². The molecule has 0 bridgehead atoms. The third-order valence-electron chi connectivity index (χ3n) is 4.98. The first-order chi connectivity index (χ1) is 14.0. The maximum Gasteiger partial charge on any atom is 0.259 e. The molecule has 1 aliphatic rings. The number of methoxy groups -OCH3 is 2. The lowest BCUT2D eigenvalue weighted by Gasteiger charge is -2.25. The number of rotatable bonds is 7. The van der Waals surface area contributed by atoms with Gasteiger partial charge in [0.1, 0.15) is 17.1 Å². The molecule has 1 fully saturated rings. The van der Waals surface area contributed by atoms with Gasteiger partial charge in [0.2, 0.25) is 10.0 Å². The molecule has 0 spiro atoms. The molecule has 1 aliphatic heterocycles. The molecule has 0 unspecified atom stereocenters. The molecule has 8 heteroatoms. The molecule has 2 aromatic rings. The summed E-state index contributed by atoms with van der Waals surface area (Å²) < 4.78 is 37.5. The predicted octanol–water partition coefficient (Wildman–Crippen LogP) is 2.81. The van der Waals surface area contributed by atoms with Gasteiger partial charge in [-0.25, -0.2) is 8.42 Å². The Morgan fingerprint density at radius 2 is 1.55 bits per heavy atom. The molecule has 2 aromatic carbocycles. The Morgan fingerprint density at radius 1 is 0.966 bits per heavy atom. The van der Waals surface area contributed by atoms with Crippen molar-refractivity contribution in [2.75, 3.05) is 27.3 Å². The highest BCUT2D eigenvalue weighted by atomic mass is 32.2. The molecular weight excluding hydrogens is 392 g/mol. The van der Waals surface area contributed by atoms with E-state index in [0.717, 1.165) is 24.8 Å². The number of amides is 1. The Morgan fingerprint density at radius 3 is 2.10 bits per heavy atom. The van der Waals surface area contributed by atoms with Gasteiger partial charge in [-0.2, -0.15) is 4.31 Å². The van der Waals surface area contributed by atoms with Crippen LogP contribution >= 0.6 is 0 Å². The molecule has 1 amide bonds. The summed E-state index contributed by atoms with van der Waals surface area (Å²) in [5.74, 6) is 0.513. The van der Waals surface area contributed by atoms with E-state index in [1.807, 2.05) is 0 Å². The number of carbonyl (C=O) groups excluding carboxylic acids is 1. The van der Waals surface area contributed by atoms with Gasteiger partial charge in [0.15, 0.2) is 0 Å². The van der Waals surface area contributed by atoms with Crippen LogP contribution in [0.2, 0.25) is 0 Å². The minimum absolute atomic E-state index is 0.254. The second-order valence-electron chi connectivity index (χ2n) is 6.83. The number of ether oxygens (including phenoxy) is 2. The van der Waals surface area contributed by atoms with Crippen LogP contribution in [0.1, 0.15) is 35.2 Å². The lowest BCUT2D eigenvalue weighted by Crippen LogP contribution is -2.35. The van der Waals surface area contributed by atoms with Crippen molar-refractivity contribution in [3.05, 3.63) is 53.6 Å². The van der Waals surface area contributed by atoms with E-state index in [1.54, 1.807) is 46.8 Å². The number of sulfonamides is 1. The van der Waals surface area contributed by atoms with E-state index in [0.29, 0.717) is 30.2 Å². The lowest BCUT2D eigenvalue weighted by atomic mass is 10.1. The van der Waals surface area contributed by atoms with Gasteiger partial charge in [0.25, 0.3) is 5.91 Å². The summed E-state index contributed by atoms with van der Waals surface area (Å²) in [4.78, 5) is 12.9. The number of carbonyl (C=O) groups is 1. The van der Waals surface area contributed by atoms with Gasteiger partial charge in [-0.3, -0.25) is 4.79 Å². The molecular formula is C21H26N2O5S. The fourth-order valence-corrected chi connectivity index (χ4v) is 4.90. The van der Waals surface area contributed by atoms with Crippen molar-refractivity contribution in [1.29, 1.82) is 0 Å². The van der Waals surface area contributed by atoms with Crippen molar-refractivity contribution in [2.24, 2.45) is 0 Å². The van der Waals surface area contributed by atoms with Gasteiger partial charge < -0.3 is 14.8 Å². The van der Waals surface area contributed by atoms with Gasteiger partial charge in [-0.05, 0) is 42.7 Å². The van der Waals surface area contributed by atoms with Gasteiger partial charge in [0.05, 0.1) is 19.1 Å². The molecule has 156 valence electrons. The van der Waals surface area contributed by atoms with Crippen LogP contribution in [0, 0.1) is 0 Å². The highest BCUT2D eigenvalue weighted by Crippen LogP contribution is 2.28. The van der Waals surface area contributed by atoms with Crippen LogP contribution in [0.15, 0.2) is 47.4 Å². The lowest BCUT2D eigenvalue weighted by molar-refractivity contribution is 0.0944. The molecule has 1 saturated heterocycles. The average molecular weight is 419 g/mol. The minimum atomic E-state index is -3.46. The monoisotopic (exact) mass is 418 g/mol. The fraction of sp³-hybridized carbons (Fsp3) is 0.381. The summed E-state index contributed by atoms with van der Waals surface area (Å²) in [5.41, 5.74) is 1.12. The van der Waals surface area contributed by atoms with E-state index in [-0.39, 0.29) is 17.3 Å². The van der Waals surface area contributed by atoms with Crippen LogP contribution in [0.25, 0.3) is 0 Å². The standard InChI is InChI=1S/C21H26N2O5S/c1-27-18-7-6-8-19(28-2)20(18)21(24)22-15-16-9-11-17(12-10-16)29(25,26)23-13-4-3-5-14-23/h6-12H,3-5,13-15H2,1-2H3,(H,22,24). The average Bonchev–Trinajstić information content (AvgIpc) is 2.77. The number of hydrogen-bond acceptors (Lipinski definition) is 5. The molecule has 0 atom stereocenters. The molecule has 0 radical (unpaired) electrons. The molecule has 3 rings (SSSR count). The molecule has 1 N–H and O–H groups in total. The van der Waals surface area contributed by atoms with Crippen LogP contribution in [-0.4, -0.2) is 45.9 Å². The van der Waals surface area contributed by atoms with E-state index in [9.17, 15) is 13.2 Å². The van der Waals surface area contributed by atoms with E-state index in [4.69, 9.17) is 9.47 Å². The fourth-order valence-electron chi connectivity index (χ4n) is 3.38. The van der Waals surface area contributed by atoms with E-state index in [2.05, 4.69) is 5.32 Å². The van der Waals surface area contributed by atoms with Gasteiger partial charge in [-0.15, -0.1) is 0 Å². The highest BCUT2D eigenvalue weighted by molar-refractivity contribution is 7.89. The number of hydrogen-bond donors (Lipinski definition) is 1. The Kier molecular flexibility index (Phi) is 6.76. The highest BCUT2D eigenvalue weighted by Gasteiger charge is 2.25. The molecule has 7 nitrogen and oxygen atoms in total. The van der Waals surface area contributed by atoms with Crippen LogP contribution in [0.5, 0.6) is 11.5 Å². The molecule has 0 aromatic heterocycles. The Bertz CT molecular complexity index is 929.